The van der Waals surface area contributed by atoms with Crippen molar-refractivity contribution in [3.63, 3.8) is 0 Å². The van der Waals surface area contributed by atoms with E-state index in [1.165, 1.54) is 96.3 Å². The smallest absolute Gasteiger partial charge is 0.306 e. The second-order valence-electron chi connectivity index (χ2n) is 15.1. The van der Waals surface area contributed by atoms with Crippen LogP contribution in [0.3, 0.4) is 0 Å². The molecule has 1 amide bonds. The summed E-state index contributed by atoms with van der Waals surface area (Å²) in [6.07, 6.45) is 44.9. The molecule has 3 unspecified atom stereocenters. The predicted octanol–water partition coefficient (Wildman–Crippen LogP) is 12.6. The number of hydrogen-bond donors (Lipinski definition) is 3. The van der Waals surface area contributed by atoms with Crippen LogP contribution in [0.1, 0.15) is 220 Å². The summed E-state index contributed by atoms with van der Waals surface area (Å²) in [5.41, 5.74) is 0. The van der Waals surface area contributed by atoms with Crippen molar-refractivity contribution in [1.82, 2.24) is 5.32 Å². The molecule has 3 atom stereocenters. The predicted molar refractivity (Wildman–Crippen MR) is 222 cm³/mol. The van der Waals surface area contributed by atoms with Gasteiger partial charge in [-0.05, 0) is 57.8 Å². The molecule has 0 aliphatic heterocycles. The van der Waals surface area contributed by atoms with Gasteiger partial charge < -0.3 is 20.3 Å². The van der Waals surface area contributed by atoms with Gasteiger partial charge in [0.2, 0.25) is 5.91 Å². The van der Waals surface area contributed by atoms with Crippen LogP contribution in [0.4, 0.5) is 0 Å². The van der Waals surface area contributed by atoms with Crippen molar-refractivity contribution in [2.45, 2.75) is 238 Å². The molecule has 0 fully saturated rings. The summed E-state index contributed by atoms with van der Waals surface area (Å²) in [6.45, 7) is 6.32. The number of carbonyl (C=O) groups excluding carboxylic acids is 2. The maximum absolute atomic E-state index is 13.1. The Balaban J connectivity index is 4.66. The minimum Gasteiger partial charge on any atom is -0.462 e. The van der Waals surface area contributed by atoms with Crippen LogP contribution >= 0.6 is 0 Å². The van der Waals surface area contributed by atoms with Gasteiger partial charge in [-0.25, -0.2) is 0 Å². The Morgan fingerprint density at radius 2 is 1.04 bits per heavy atom. The van der Waals surface area contributed by atoms with Crippen molar-refractivity contribution < 1.29 is 24.5 Å². The number of esters is 1. The highest BCUT2D eigenvalue weighted by Crippen LogP contribution is 2.17. The lowest BCUT2D eigenvalue weighted by Gasteiger charge is -2.24. The Morgan fingerprint density at radius 1 is 0.577 bits per heavy atom. The van der Waals surface area contributed by atoms with Crippen LogP contribution in [-0.4, -0.2) is 46.9 Å². The Morgan fingerprint density at radius 3 is 1.56 bits per heavy atom. The number of rotatable bonds is 39. The molecule has 0 saturated carbocycles. The summed E-state index contributed by atoms with van der Waals surface area (Å²) < 4.78 is 5.87. The molecule has 0 aliphatic rings. The van der Waals surface area contributed by atoms with E-state index in [0.717, 1.165) is 77.0 Å². The van der Waals surface area contributed by atoms with Gasteiger partial charge in [0.05, 0.1) is 25.2 Å². The van der Waals surface area contributed by atoms with E-state index in [0.29, 0.717) is 19.3 Å². The van der Waals surface area contributed by atoms with Crippen molar-refractivity contribution in [2.75, 3.05) is 6.61 Å². The molecule has 0 aromatic heterocycles. The number of unbranched alkanes of at least 4 members (excludes halogenated alkanes) is 21. The molecule has 0 saturated heterocycles. The molecular formula is C46H85NO5. The van der Waals surface area contributed by atoms with Gasteiger partial charge in [0.1, 0.15) is 6.10 Å². The quantitative estimate of drug-likeness (QED) is 0.0332. The first-order valence-electron chi connectivity index (χ1n) is 22.2. The van der Waals surface area contributed by atoms with Gasteiger partial charge in [0.25, 0.3) is 0 Å². The summed E-state index contributed by atoms with van der Waals surface area (Å²) in [5.74, 6) is -0.511. The molecule has 0 heterocycles. The van der Waals surface area contributed by atoms with Crippen LogP contribution in [0.25, 0.3) is 0 Å². The summed E-state index contributed by atoms with van der Waals surface area (Å²) >= 11 is 0. The number of nitrogens with one attached hydrogen (secondary N) is 1. The molecular weight excluding hydrogens is 647 g/mol. The van der Waals surface area contributed by atoms with Gasteiger partial charge in [-0.15, -0.1) is 0 Å². The van der Waals surface area contributed by atoms with Crippen molar-refractivity contribution in [1.29, 1.82) is 0 Å². The Kier molecular flexibility index (Phi) is 38.8. The largest absolute Gasteiger partial charge is 0.462 e. The fourth-order valence-electron chi connectivity index (χ4n) is 6.62. The lowest BCUT2D eigenvalue weighted by atomic mass is 10.0. The zero-order valence-corrected chi connectivity index (χ0v) is 34.4. The molecule has 0 aromatic carbocycles. The third kappa shape index (κ3) is 35.1. The molecule has 6 heteroatoms. The van der Waals surface area contributed by atoms with E-state index < -0.39 is 18.2 Å². The first-order valence-corrected chi connectivity index (χ1v) is 22.2. The van der Waals surface area contributed by atoms with Crippen LogP contribution < -0.4 is 5.32 Å². The normalized spacial score (nSPS) is 13.7. The van der Waals surface area contributed by atoms with E-state index in [9.17, 15) is 19.8 Å². The van der Waals surface area contributed by atoms with Gasteiger partial charge in [0, 0.05) is 6.42 Å². The fourth-order valence-corrected chi connectivity index (χ4v) is 6.62. The highest BCUT2D eigenvalue weighted by molar-refractivity contribution is 5.77. The molecule has 304 valence electrons. The molecule has 0 bridgehead atoms. The first kappa shape index (κ1) is 50.1. The highest BCUT2D eigenvalue weighted by Gasteiger charge is 2.24. The van der Waals surface area contributed by atoms with Crippen LogP contribution in [0, 0.1) is 0 Å². The lowest BCUT2D eigenvalue weighted by molar-refractivity contribution is -0.151. The van der Waals surface area contributed by atoms with E-state index >= 15 is 0 Å². The van der Waals surface area contributed by atoms with E-state index in [2.05, 4.69) is 62.5 Å². The first-order chi connectivity index (χ1) is 25.5. The van der Waals surface area contributed by atoms with Crippen molar-refractivity contribution in [2.24, 2.45) is 0 Å². The van der Waals surface area contributed by atoms with Crippen molar-refractivity contribution in [3.05, 3.63) is 36.5 Å². The molecule has 0 aliphatic carbocycles. The Bertz CT molecular complexity index is 869. The van der Waals surface area contributed by atoms with Crippen molar-refractivity contribution in [3.8, 4) is 0 Å². The van der Waals surface area contributed by atoms with Gasteiger partial charge >= 0.3 is 5.97 Å². The number of hydrogen-bond acceptors (Lipinski definition) is 5. The fraction of sp³-hybridized carbons (Fsp3) is 0.826. The van der Waals surface area contributed by atoms with Crippen LogP contribution in [0.2, 0.25) is 0 Å². The second-order valence-corrected chi connectivity index (χ2v) is 15.1. The standard InChI is InChI=1S/C46H85NO5/c1-4-7-10-13-16-19-22-24-25-28-31-34-37-42(52-46(51)39-36-33-30-27-23-20-17-14-11-8-5-2)40-45(50)47-43(41-48)44(49)38-35-32-29-26-21-18-15-12-9-6-3/h7,10,16,19,24-25,42-44,48-49H,4-6,8-9,11-15,17-18,20-23,26-41H2,1-3H3,(H,47,50)/b10-7+,19-16+,25-24+. The zero-order chi connectivity index (χ0) is 38.2. The molecule has 0 radical (unpaired) electrons. The third-order valence-corrected chi connectivity index (χ3v) is 9.98. The van der Waals surface area contributed by atoms with Gasteiger partial charge in [-0.3, -0.25) is 9.59 Å². The van der Waals surface area contributed by atoms with E-state index in [1.807, 2.05) is 0 Å². The number of amides is 1. The van der Waals surface area contributed by atoms with Crippen molar-refractivity contribution >= 4 is 11.9 Å². The zero-order valence-electron chi connectivity index (χ0n) is 34.4. The molecule has 0 rings (SSSR count). The second kappa shape index (κ2) is 40.3. The summed E-state index contributed by atoms with van der Waals surface area (Å²) in [7, 11) is 0. The number of carbonyl (C=O) groups is 2. The summed E-state index contributed by atoms with van der Waals surface area (Å²) in [5, 5.41) is 23.6. The minimum atomic E-state index is -0.792. The number of ether oxygens (including phenoxy) is 1. The summed E-state index contributed by atoms with van der Waals surface area (Å²) in [4.78, 5) is 25.9. The van der Waals surface area contributed by atoms with Gasteiger partial charge in [0.15, 0.2) is 0 Å². The maximum atomic E-state index is 13.1. The average molecular weight is 732 g/mol. The minimum absolute atomic E-state index is 0.0542. The Hall–Kier alpha value is -1.92. The highest BCUT2D eigenvalue weighted by atomic mass is 16.5. The lowest BCUT2D eigenvalue weighted by Crippen LogP contribution is -2.46. The molecule has 52 heavy (non-hydrogen) atoms. The van der Waals surface area contributed by atoms with E-state index in [1.54, 1.807) is 0 Å². The number of aliphatic hydroxyl groups is 2. The molecule has 6 nitrogen and oxygen atoms in total. The molecule has 0 aromatic rings. The molecule has 3 N–H and O–H groups in total. The van der Waals surface area contributed by atoms with Crippen LogP contribution in [0.15, 0.2) is 36.5 Å². The molecule has 0 spiro atoms. The maximum Gasteiger partial charge on any atom is 0.306 e. The number of allylic oxidation sites excluding steroid dienone is 6. The average Bonchev–Trinajstić information content (AvgIpc) is 3.13. The third-order valence-electron chi connectivity index (χ3n) is 9.98. The topological polar surface area (TPSA) is 95.9 Å². The van der Waals surface area contributed by atoms with Crippen LogP contribution in [0.5, 0.6) is 0 Å². The van der Waals surface area contributed by atoms with Crippen LogP contribution in [-0.2, 0) is 14.3 Å². The summed E-state index contributed by atoms with van der Waals surface area (Å²) in [6, 6.07) is -0.708. The van der Waals surface area contributed by atoms with E-state index in [4.69, 9.17) is 4.74 Å². The van der Waals surface area contributed by atoms with E-state index in [-0.39, 0.29) is 24.9 Å². The Labute approximate surface area is 322 Å². The SMILES string of the molecule is CC/C=C/C/C=C/C/C=C/CCCCC(CC(=O)NC(CO)C(O)CCCCCCCCCCCC)OC(=O)CCCCCCCCCCCCC. The monoisotopic (exact) mass is 732 g/mol. The van der Waals surface area contributed by atoms with Gasteiger partial charge in [-0.1, -0.05) is 186 Å². The number of aliphatic hydroxyl groups excluding tert-OH is 2. The van der Waals surface area contributed by atoms with Gasteiger partial charge in [-0.2, -0.15) is 0 Å².